The minimum atomic E-state index is -0.726. The van der Waals surface area contributed by atoms with E-state index in [2.05, 4.69) is 15.0 Å². The molecule has 0 spiro atoms. The summed E-state index contributed by atoms with van der Waals surface area (Å²) < 4.78 is 7.57. The molecule has 2 aromatic heterocycles. The predicted molar refractivity (Wildman–Crippen MR) is 79.7 cm³/mol. The van der Waals surface area contributed by atoms with Crippen LogP contribution in [0.25, 0.3) is 11.2 Å². The fourth-order valence-corrected chi connectivity index (χ4v) is 2.89. The number of aliphatic hydroxyl groups excluding tert-OH is 2. The number of nitrogen functional groups attached to an aromatic ring is 1. The van der Waals surface area contributed by atoms with Crippen molar-refractivity contribution < 1.29 is 14.9 Å². The number of fused-ring (bicyclic) bond motifs is 1. The zero-order valence-electron chi connectivity index (χ0n) is 12.6. The molecule has 0 amide bonds. The summed E-state index contributed by atoms with van der Waals surface area (Å²) in [5.74, 6) is 0.630. The average molecular weight is 307 g/mol. The number of aliphatic hydroxyl groups is 2. The molecule has 1 unspecified atom stereocenters. The molecule has 4 N–H and O–H groups in total. The number of rotatable bonds is 4. The van der Waals surface area contributed by atoms with Gasteiger partial charge in [-0.05, 0) is 12.3 Å². The van der Waals surface area contributed by atoms with Gasteiger partial charge in [0.15, 0.2) is 11.5 Å². The lowest BCUT2D eigenvalue weighted by molar-refractivity contribution is -0.0863. The van der Waals surface area contributed by atoms with Crippen molar-refractivity contribution in [3.05, 3.63) is 12.7 Å². The molecule has 4 atom stereocenters. The fourth-order valence-electron chi connectivity index (χ4n) is 2.89. The van der Waals surface area contributed by atoms with Crippen molar-refractivity contribution in [1.29, 1.82) is 0 Å². The van der Waals surface area contributed by atoms with Crippen LogP contribution in [-0.4, -0.2) is 48.0 Å². The molecule has 0 aliphatic carbocycles. The highest BCUT2D eigenvalue weighted by Crippen LogP contribution is 2.33. The topological polar surface area (TPSA) is 119 Å². The molecule has 1 aliphatic rings. The van der Waals surface area contributed by atoms with Crippen molar-refractivity contribution in [3.8, 4) is 0 Å². The van der Waals surface area contributed by atoms with E-state index < -0.39 is 24.5 Å². The Labute approximate surface area is 128 Å². The Hall–Kier alpha value is -1.77. The van der Waals surface area contributed by atoms with Gasteiger partial charge in [0.2, 0.25) is 0 Å². The second-order valence-electron chi connectivity index (χ2n) is 6.14. The summed E-state index contributed by atoms with van der Waals surface area (Å²) in [6.45, 7) is 4.04. The van der Waals surface area contributed by atoms with E-state index in [1.54, 1.807) is 10.9 Å². The van der Waals surface area contributed by atoms with Crippen LogP contribution < -0.4 is 5.73 Å². The largest absolute Gasteiger partial charge is 0.390 e. The number of nitrogens with two attached hydrogens (primary N) is 1. The van der Waals surface area contributed by atoms with E-state index >= 15 is 0 Å². The highest BCUT2D eigenvalue weighted by molar-refractivity contribution is 5.81. The van der Waals surface area contributed by atoms with Gasteiger partial charge in [0.25, 0.3) is 0 Å². The first kappa shape index (κ1) is 15.1. The molecule has 0 aromatic carbocycles. The fraction of sp³-hybridized carbons (Fsp3) is 0.643. The van der Waals surface area contributed by atoms with E-state index in [1.807, 2.05) is 13.8 Å². The SMILES string of the molecule is CC(C)CC(O)[C@H]1O[C@@H](n2cnc3c(N)ncnc32)C[C@@H]1O. The number of anilines is 1. The Bertz CT molecular complexity index is 659. The molecule has 22 heavy (non-hydrogen) atoms. The normalized spacial score (nSPS) is 26.9. The number of aromatic nitrogens is 4. The first-order chi connectivity index (χ1) is 10.5. The molecule has 1 aliphatic heterocycles. The minimum Gasteiger partial charge on any atom is -0.390 e. The summed E-state index contributed by atoms with van der Waals surface area (Å²) in [6, 6.07) is 0. The number of hydrogen-bond donors (Lipinski definition) is 3. The summed E-state index contributed by atoms with van der Waals surface area (Å²) in [7, 11) is 0. The van der Waals surface area contributed by atoms with Crippen LogP contribution in [0.5, 0.6) is 0 Å². The first-order valence-electron chi connectivity index (χ1n) is 7.42. The standard InChI is InChI=1S/C14H21N5O3/c1-7(2)3-8(20)12-9(21)4-10(22-12)19-6-18-11-13(15)16-5-17-14(11)19/h5-10,12,20-21H,3-4H2,1-2H3,(H2,15,16,17)/t8?,9-,10+,12+/m0/s1. The molecule has 1 saturated heterocycles. The second-order valence-corrected chi connectivity index (χ2v) is 6.14. The van der Waals surface area contributed by atoms with Gasteiger partial charge in [-0.1, -0.05) is 13.8 Å². The van der Waals surface area contributed by atoms with Crippen LogP contribution in [0.15, 0.2) is 12.7 Å². The summed E-state index contributed by atoms with van der Waals surface area (Å²) in [6.07, 6.45) is 1.43. The lowest BCUT2D eigenvalue weighted by atomic mass is 9.99. The van der Waals surface area contributed by atoms with Crippen LogP contribution in [0.1, 0.15) is 32.9 Å². The number of imidazole rings is 1. The van der Waals surface area contributed by atoms with Gasteiger partial charge in [0.1, 0.15) is 24.2 Å². The van der Waals surface area contributed by atoms with Crippen molar-refractivity contribution in [3.63, 3.8) is 0 Å². The molecular formula is C14H21N5O3. The van der Waals surface area contributed by atoms with Gasteiger partial charge in [-0.15, -0.1) is 0 Å². The quantitative estimate of drug-likeness (QED) is 0.750. The maximum Gasteiger partial charge on any atom is 0.167 e. The Morgan fingerprint density at radius 2 is 2.18 bits per heavy atom. The van der Waals surface area contributed by atoms with Crippen molar-refractivity contribution in [2.45, 2.75) is 51.2 Å². The molecule has 1 fully saturated rings. The monoisotopic (exact) mass is 307 g/mol. The Morgan fingerprint density at radius 3 is 2.91 bits per heavy atom. The van der Waals surface area contributed by atoms with Crippen molar-refractivity contribution in [2.75, 3.05) is 5.73 Å². The average Bonchev–Trinajstić information content (AvgIpc) is 3.02. The van der Waals surface area contributed by atoms with Gasteiger partial charge in [-0.3, -0.25) is 4.57 Å². The molecule has 0 saturated carbocycles. The molecule has 120 valence electrons. The lowest BCUT2D eigenvalue weighted by Crippen LogP contribution is -2.35. The van der Waals surface area contributed by atoms with E-state index in [4.69, 9.17) is 10.5 Å². The van der Waals surface area contributed by atoms with Crippen LogP contribution in [0.2, 0.25) is 0 Å². The predicted octanol–water partition coefficient (Wildman–Crippen LogP) is 0.464. The van der Waals surface area contributed by atoms with E-state index in [-0.39, 0.29) is 0 Å². The van der Waals surface area contributed by atoms with Crippen molar-refractivity contribution in [1.82, 2.24) is 19.5 Å². The number of ether oxygens (including phenoxy) is 1. The third kappa shape index (κ3) is 2.65. The minimum absolute atomic E-state index is 0.304. The van der Waals surface area contributed by atoms with Crippen LogP contribution in [0.3, 0.4) is 0 Å². The van der Waals surface area contributed by atoms with Crippen LogP contribution >= 0.6 is 0 Å². The molecule has 8 heteroatoms. The van der Waals surface area contributed by atoms with E-state index in [9.17, 15) is 10.2 Å². The van der Waals surface area contributed by atoms with E-state index in [0.717, 1.165) is 0 Å². The van der Waals surface area contributed by atoms with E-state index in [1.165, 1.54) is 6.33 Å². The summed E-state index contributed by atoms with van der Waals surface area (Å²) in [4.78, 5) is 12.3. The smallest absolute Gasteiger partial charge is 0.167 e. The summed E-state index contributed by atoms with van der Waals surface area (Å²) in [5.41, 5.74) is 6.83. The molecule has 3 rings (SSSR count). The highest BCUT2D eigenvalue weighted by atomic mass is 16.5. The van der Waals surface area contributed by atoms with Gasteiger partial charge >= 0.3 is 0 Å². The summed E-state index contributed by atoms with van der Waals surface area (Å²) in [5, 5.41) is 20.4. The van der Waals surface area contributed by atoms with Crippen molar-refractivity contribution >= 4 is 17.0 Å². The lowest BCUT2D eigenvalue weighted by Gasteiger charge is -2.22. The van der Waals surface area contributed by atoms with E-state index in [0.29, 0.717) is 35.7 Å². The second kappa shape index (κ2) is 5.79. The molecular weight excluding hydrogens is 286 g/mol. The van der Waals surface area contributed by atoms with Gasteiger partial charge in [0.05, 0.1) is 18.5 Å². The third-order valence-electron chi connectivity index (χ3n) is 3.93. The maximum absolute atomic E-state index is 10.2. The van der Waals surface area contributed by atoms with Gasteiger partial charge < -0.3 is 20.7 Å². The highest BCUT2D eigenvalue weighted by Gasteiger charge is 2.40. The first-order valence-corrected chi connectivity index (χ1v) is 7.42. The molecule has 8 nitrogen and oxygen atoms in total. The maximum atomic E-state index is 10.2. The Morgan fingerprint density at radius 1 is 1.41 bits per heavy atom. The van der Waals surface area contributed by atoms with Crippen LogP contribution in [-0.2, 0) is 4.74 Å². The third-order valence-corrected chi connectivity index (χ3v) is 3.93. The Kier molecular flexibility index (Phi) is 3.98. The molecule has 0 radical (unpaired) electrons. The zero-order valence-corrected chi connectivity index (χ0v) is 12.6. The Balaban J connectivity index is 1.83. The van der Waals surface area contributed by atoms with Gasteiger partial charge in [0, 0.05) is 6.42 Å². The van der Waals surface area contributed by atoms with Crippen molar-refractivity contribution in [2.24, 2.45) is 5.92 Å². The number of nitrogens with zero attached hydrogens (tertiary/aromatic N) is 4. The molecule has 3 heterocycles. The zero-order chi connectivity index (χ0) is 15.9. The van der Waals surface area contributed by atoms with Crippen LogP contribution in [0.4, 0.5) is 5.82 Å². The summed E-state index contributed by atoms with van der Waals surface area (Å²) >= 11 is 0. The van der Waals surface area contributed by atoms with Gasteiger partial charge in [-0.2, -0.15) is 0 Å². The van der Waals surface area contributed by atoms with Crippen LogP contribution in [0, 0.1) is 5.92 Å². The molecule has 0 bridgehead atoms. The van der Waals surface area contributed by atoms with Gasteiger partial charge in [-0.25, -0.2) is 15.0 Å². The molecule has 2 aromatic rings. The number of hydrogen-bond acceptors (Lipinski definition) is 7.